The molecule has 486 valence electrons. The number of nitrogens with one attached hydrogen (secondary N) is 1. The molecule has 0 aromatic heterocycles. The Morgan fingerprint density at radius 3 is 0.927 bits per heavy atom. The summed E-state index contributed by atoms with van der Waals surface area (Å²) in [6.45, 7) is 5.00. The maximum Gasteiger partial charge on any atom is 0.305 e. The smallest absolute Gasteiger partial charge is 0.305 e. The third kappa shape index (κ3) is 67.5. The minimum Gasteiger partial charge on any atom is -0.466 e. The van der Waals surface area contributed by atoms with Gasteiger partial charge in [-0.25, -0.2) is 0 Å². The van der Waals surface area contributed by atoms with Crippen LogP contribution in [0.1, 0.15) is 425 Å². The maximum absolute atomic E-state index is 12.5. The highest BCUT2D eigenvalue weighted by Crippen LogP contribution is 2.19. The van der Waals surface area contributed by atoms with Crippen LogP contribution in [-0.2, 0) is 14.3 Å². The van der Waals surface area contributed by atoms with E-state index >= 15 is 0 Å². The molecule has 0 aliphatic carbocycles. The van der Waals surface area contributed by atoms with Crippen LogP contribution in [0.5, 0.6) is 0 Å². The summed E-state index contributed by atoms with van der Waals surface area (Å²) in [6, 6.07) is -0.541. The van der Waals surface area contributed by atoms with Crippen molar-refractivity contribution in [2.24, 2.45) is 0 Å². The molecule has 0 saturated carbocycles. The van der Waals surface area contributed by atoms with Crippen molar-refractivity contribution in [3.8, 4) is 0 Å². The van der Waals surface area contributed by atoms with E-state index in [1.807, 2.05) is 0 Å². The summed E-state index contributed by atoms with van der Waals surface area (Å²) in [7, 11) is 0. The Kier molecular flexibility index (Phi) is 70.4. The van der Waals surface area contributed by atoms with Crippen molar-refractivity contribution >= 4 is 11.9 Å². The monoisotopic (exact) mass is 1150 g/mol. The lowest BCUT2D eigenvalue weighted by molar-refractivity contribution is -0.143. The lowest BCUT2D eigenvalue weighted by atomic mass is 10.0. The molecule has 82 heavy (non-hydrogen) atoms. The molecule has 6 heteroatoms. The zero-order chi connectivity index (χ0) is 59.2. The van der Waals surface area contributed by atoms with Crippen molar-refractivity contribution in [3.63, 3.8) is 0 Å². The molecule has 0 aromatic rings. The van der Waals surface area contributed by atoms with Gasteiger partial charge in [-0.2, -0.15) is 0 Å². The van der Waals surface area contributed by atoms with Gasteiger partial charge in [0.05, 0.1) is 25.4 Å². The van der Waals surface area contributed by atoms with E-state index in [4.69, 9.17) is 4.74 Å². The molecule has 0 heterocycles. The largest absolute Gasteiger partial charge is 0.466 e. The molecule has 0 bridgehead atoms. The molecule has 0 aliphatic rings. The second-order valence-electron chi connectivity index (χ2n) is 26.0. The first-order chi connectivity index (χ1) is 40.5. The summed E-state index contributed by atoms with van der Waals surface area (Å²) in [5.41, 5.74) is 0. The number of aliphatic hydroxyl groups excluding tert-OH is 2. The van der Waals surface area contributed by atoms with Gasteiger partial charge in [0.1, 0.15) is 0 Å². The van der Waals surface area contributed by atoms with Crippen molar-refractivity contribution in [2.75, 3.05) is 13.2 Å². The fraction of sp³-hybridized carbons (Fsp3) is 0.921. The van der Waals surface area contributed by atoms with Crippen LogP contribution in [0.3, 0.4) is 0 Å². The summed E-state index contributed by atoms with van der Waals surface area (Å²) in [5.74, 6) is -0.0123. The zero-order valence-electron chi connectivity index (χ0n) is 55.8. The summed E-state index contributed by atoms with van der Waals surface area (Å²) >= 11 is 0. The zero-order valence-corrected chi connectivity index (χ0v) is 55.8. The highest BCUT2D eigenvalue weighted by atomic mass is 16.5. The van der Waals surface area contributed by atoms with Crippen LogP contribution >= 0.6 is 0 Å². The number of allylic oxidation sites excluding steroid dienone is 4. The lowest BCUT2D eigenvalue weighted by Crippen LogP contribution is -2.45. The second-order valence-corrected chi connectivity index (χ2v) is 26.0. The molecule has 3 N–H and O–H groups in total. The van der Waals surface area contributed by atoms with E-state index < -0.39 is 12.1 Å². The normalized spacial score (nSPS) is 12.6. The van der Waals surface area contributed by atoms with Gasteiger partial charge in [-0.3, -0.25) is 9.59 Å². The first-order valence-electron chi connectivity index (χ1n) is 37.6. The molecule has 2 atom stereocenters. The Morgan fingerprint density at radius 1 is 0.341 bits per heavy atom. The highest BCUT2D eigenvalue weighted by Gasteiger charge is 2.20. The van der Waals surface area contributed by atoms with Crippen LogP contribution in [0.15, 0.2) is 24.3 Å². The fourth-order valence-corrected chi connectivity index (χ4v) is 12.0. The quantitative estimate of drug-likeness (QED) is 0.0320. The number of hydrogen-bond donors (Lipinski definition) is 3. The molecule has 0 rings (SSSR count). The third-order valence-electron chi connectivity index (χ3n) is 17.8. The van der Waals surface area contributed by atoms with Gasteiger partial charge >= 0.3 is 5.97 Å². The molecular weight excluding hydrogens is 1010 g/mol. The van der Waals surface area contributed by atoms with E-state index in [1.165, 1.54) is 347 Å². The first kappa shape index (κ1) is 80.3. The van der Waals surface area contributed by atoms with Gasteiger partial charge in [-0.15, -0.1) is 0 Å². The van der Waals surface area contributed by atoms with Crippen molar-refractivity contribution in [1.82, 2.24) is 5.32 Å². The van der Waals surface area contributed by atoms with Gasteiger partial charge in [-0.1, -0.05) is 378 Å². The molecule has 2 unspecified atom stereocenters. The first-order valence-corrected chi connectivity index (χ1v) is 37.6. The number of amides is 1. The van der Waals surface area contributed by atoms with Gasteiger partial charge in [-0.05, 0) is 57.8 Å². The van der Waals surface area contributed by atoms with Crippen molar-refractivity contribution in [3.05, 3.63) is 24.3 Å². The van der Waals surface area contributed by atoms with Crippen molar-refractivity contribution in [2.45, 2.75) is 437 Å². The Hall–Kier alpha value is -1.66. The molecule has 0 radical (unpaired) electrons. The average Bonchev–Trinajstić information content (AvgIpc) is 3.48. The Bertz CT molecular complexity index is 1280. The van der Waals surface area contributed by atoms with E-state index in [9.17, 15) is 19.8 Å². The molecule has 0 saturated heterocycles. The van der Waals surface area contributed by atoms with Gasteiger partial charge in [0.15, 0.2) is 0 Å². The van der Waals surface area contributed by atoms with Gasteiger partial charge < -0.3 is 20.3 Å². The average molecular weight is 1160 g/mol. The second kappa shape index (κ2) is 71.8. The maximum atomic E-state index is 12.5. The van der Waals surface area contributed by atoms with Gasteiger partial charge in [0.25, 0.3) is 0 Å². The summed E-state index contributed by atoms with van der Waals surface area (Å²) in [6.07, 6.45) is 91.0. The fourth-order valence-electron chi connectivity index (χ4n) is 12.0. The van der Waals surface area contributed by atoms with Crippen LogP contribution < -0.4 is 5.32 Å². The minimum absolute atomic E-state index is 0.0185. The summed E-state index contributed by atoms with van der Waals surface area (Å²) in [4.78, 5) is 24.6. The van der Waals surface area contributed by atoms with E-state index in [0.717, 1.165) is 44.9 Å². The lowest BCUT2D eigenvalue weighted by Gasteiger charge is -2.22. The van der Waals surface area contributed by atoms with Crippen LogP contribution in [-0.4, -0.2) is 47.4 Å². The molecule has 0 aromatic carbocycles. The SMILES string of the molecule is CCCCCCCCCCCCCCCCCCCCC(=O)OCCCCCCCCCCC/C=C\C/C=C\CCCCCCCCCCCCCCCCCC(=O)NC(CO)C(O)CCCCCCCCCCCCCCCCCC. The Morgan fingerprint density at radius 2 is 0.610 bits per heavy atom. The molecule has 1 amide bonds. The number of hydrogen-bond acceptors (Lipinski definition) is 5. The number of carbonyl (C=O) groups excluding carboxylic acids is 2. The predicted octanol–water partition coefficient (Wildman–Crippen LogP) is 24.5. The molecule has 6 nitrogen and oxygen atoms in total. The number of rotatable bonds is 71. The van der Waals surface area contributed by atoms with Crippen LogP contribution in [0, 0.1) is 0 Å². The molecule has 0 aliphatic heterocycles. The third-order valence-corrected chi connectivity index (χ3v) is 17.8. The minimum atomic E-state index is -0.664. The topological polar surface area (TPSA) is 95.9 Å². The standard InChI is InChI=1S/C76H147NO5/c1-3-5-7-9-11-13-15-17-19-21-38-42-46-50-54-58-62-66-70-76(81)82-71-67-63-59-55-51-47-43-39-36-34-32-30-28-26-24-22-23-25-27-29-31-33-35-37-41-45-49-53-57-61-65-69-75(80)77-73(72-78)74(79)68-64-60-56-52-48-44-40-20-18-16-14-12-10-8-6-4-2/h24,26,30,32,73-74,78-79H,3-23,25,27-29,31,33-72H2,1-2H3,(H,77,80)/b26-24-,32-30-. The molecule has 0 spiro atoms. The van der Waals surface area contributed by atoms with Gasteiger partial charge in [0.2, 0.25) is 5.91 Å². The van der Waals surface area contributed by atoms with Crippen molar-refractivity contribution in [1.29, 1.82) is 0 Å². The Balaban J connectivity index is 3.37. The van der Waals surface area contributed by atoms with E-state index in [2.05, 4.69) is 43.5 Å². The van der Waals surface area contributed by atoms with E-state index in [-0.39, 0.29) is 18.5 Å². The molecule has 0 fully saturated rings. The number of unbranched alkanes of at least 4 members (excludes halogenated alkanes) is 56. The highest BCUT2D eigenvalue weighted by molar-refractivity contribution is 5.76. The van der Waals surface area contributed by atoms with E-state index in [1.54, 1.807) is 0 Å². The Labute approximate surface area is 513 Å². The van der Waals surface area contributed by atoms with Gasteiger partial charge in [0, 0.05) is 12.8 Å². The number of aliphatic hydroxyl groups is 2. The number of esters is 1. The summed E-state index contributed by atoms with van der Waals surface area (Å²) in [5, 5.41) is 23.4. The van der Waals surface area contributed by atoms with Crippen molar-refractivity contribution < 1.29 is 24.5 Å². The summed E-state index contributed by atoms with van der Waals surface area (Å²) < 4.78 is 5.51. The van der Waals surface area contributed by atoms with Crippen LogP contribution in [0.25, 0.3) is 0 Å². The number of carbonyl (C=O) groups is 2. The van der Waals surface area contributed by atoms with Crippen LogP contribution in [0.2, 0.25) is 0 Å². The molecular formula is C76H147NO5. The van der Waals surface area contributed by atoms with E-state index in [0.29, 0.717) is 25.9 Å². The predicted molar refractivity (Wildman–Crippen MR) is 361 cm³/mol. The van der Waals surface area contributed by atoms with Crippen LogP contribution in [0.4, 0.5) is 0 Å². The number of ether oxygens (including phenoxy) is 1.